The van der Waals surface area contributed by atoms with Crippen molar-refractivity contribution >= 4 is 13.3 Å². The van der Waals surface area contributed by atoms with Gasteiger partial charge in [0.25, 0.3) is 0 Å². The first-order valence-electron chi connectivity index (χ1n) is 7.32. The molecular weight excluding hydrogens is 259 g/mol. The van der Waals surface area contributed by atoms with E-state index in [-0.39, 0.29) is 16.4 Å². The topological polar surface area (TPSA) is 63.0 Å². The van der Waals surface area contributed by atoms with Gasteiger partial charge >= 0.3 is 0 Å². The van der Waals surface area contributed by atoms with E-state index in [0.717, 1.165) is 5.46 Å². The molecule has 108 valence electrons. The Labute approximate surface area is 127 Å². The molecular formula is C18H21BO2. The summed E-state index contributed by atoms with van der Waals surface area (Å²) in [6, 6.07) is 15.3. The van der Waals surface area contributed by atoms with Crippen molar-refractivity contribution in [1.82, 2.24) is 0 Å². The van der Waals surface area contributed by atoms with E-state index in [1.807, 2.05) is 6.07 Å². The van der Waals surface area contributed by atoms with Gasteiger partial charge in [-0.1, -0.05) is 67.2 Å². The second kappa shape index (κ2) is 5.66. The Bertz CT molecular complexity index is 645. The molecule has 2 aliphatic rings. The van der Waals surface area contributed by atoms with Crippen LogP contribution in [0.25, 0.3) is 11.1 Å². The van der Waals surface area contributed by atoms with Crippen LogP contribution in [-0.2, 0) is 5.41 Å². The van der Waals surface area contributed by atoms with Gasteiger partial charge in [-0.25, -0.2) is 0 Å². The fraction of sp³-hybridized carbons (Fsp3) is 0.333. The molecule has 2 radical (unpaired) electrons. The number of fused-ring (bicyclic) bond motifs is 5. The molecule has 2 aromatic rings. The summed E-state index contributed by atoms with van der Waals surface area (Å²) in [6.07, 6.45) is 6.60. The van der Waals surface area contributed by atoms with Crippen LogP contribution in [0.5, 0.6) is 0 Å². The summed E-state index contributed by atoms with van der Waals surface area (Å²) in [5.74, 6) is 0. The van der Waals surface area contributed by atoms with Gasteiger partial charge in [-0.3, -0.25) is 0 Å². The minimum Gasteiger partial charge on any atom is -0.412 e. The van der Waals surface area contributed by atoms with Gasteiger partial charge in [-0.05, 0) is 35.1 Å². The largest absolute Gasteiger partial charge is 0.412 e. The Balaban J connectivity index is 0.000000807. The number of benzene rings is 2. The third-order valence-corrected chi connectivity index (χ3v) is 5.03. The summed E-state index contributed by atoms with van der Waals surface area (Å²) < 4.78 is 0. The van der Waals surface area contributed by atoms with Crippen molar-refractivity contribution in [1.29, 1.82) is 0 Å². The van der Waals surface area contributed by atoms with Gasteiger partial charge in [0.2, 0.25) is 0 Å². The minimum absolute atomic E-state index is 0. The summed E-state index contributed by atoms with van der Waals surface area (Å²) in [6.45, 7) is 0. The van der Waals surface area contributed by atoms with Crippen LogP contribution < -0.4 is 5.46 Å². The molecule has 0 saturated heterocycles. The first-order valence-corrected chi connectivity index (χ1v) is 7.32. The molecule has 2 nitrogen and oxygen atoms in total. The molecule has 2 aliphatic carbocycles. The van der Waals surface area contributed by atoms with Gasteiger partial charge in [-0.2, -0.15) is 0 Å². The first-order chi connectivity index (χ1) is 9.33. The van der Waals surface area contributed by atoms with E-state index in [2.05, 4.69) is 36.4 Å². The smallest absolute Gasteiger partial charge is 0.114 e. The van der Waals surface area contributed by atoms with Crippen LogP contribution in [0.3, 0.4) is 0 Å². The van der Waals surface area contributed by atoms with Crippen molar-refractivity contribution in [2.45, 2.75) is 37.5 Å². The van der Waals surface area contributed by atoms with Crippen LogP contribution in [0.1, 0.15) is 43.2 Å². The lowest BCUT2D eigenvalue weighted by Gasteiger charge is -2.36. The monoisotopic (exact) mass is 280 g/mol. The van der Waals surface area contributed by atoms with Crippen molar-refractivity contribution in [2.75, 3.05) is 0 Å². The third-order valence-electron chi connectivity index (χ3n) is 5.03. The van der Waals surface area contributed by atoms with Gasteiger partial charge in [0.05, 0.1) is 0 Å². The normalized spacial score (nSPS) is 17.3. The third kappa shape index (κ3) is 2.03. The second-order valence-corrected chi connectivity index (χ2v) is 5.96. The predicted octanol–water partition coefficient (Wildman–Crippen LogP) is 2.06. The van der Waals surface area contributed by atoms with Gasteiger partial charge in [-0.15, -0.1) is 0 Å². The molecule has 21 heavy (non-hydrogen) atoms. The maximum atomic E-state index is 6.28. The Hall–Kier alpha value is -1.58. The van der Waals surface area contributed by atoms with Crippen molar-refractivity contribution in [3.05, 3.63) is 53.6 Å². The molecule has 3 heteroatoms. The predicted molar refractivity (Wildman–Crippen MR) is 88.4 cm³/mol. The van der Waals surface area contributed by atoms with Crippen molar-refractivity contribution in [2.24, 2.45) is 0 Å². The van der Waals surface area contributed by atoms with Gasteiger partial charge in [0, 0.05) is 5.41 Å². The maximum Gasteiger partial charge on any atom is 0.114 e. The van der Waals surface area contributed by atoms with Crippen LogP contribution in [0.2, 0.25) is 0 Å². The molecule has 0 heterocycles. The Morgan fingerprint density at radius 1 is 0.762 bits per heavy atom. The summed E-state index contributed by atoms with van der Waals surface area (Å²) in [5, 5.41) is 0. The van der Waals surface area contributed by atoms with Crippen LogP contribution >= 0.6 is 0 Å². The zero-order valence-corrected chi connectivity index (χ0v) is 12.2. The lowest BCUT2D eigenvalue weighted by atomic mass is 9.67. The van der Waals surface area contributed by atoms with E-state index in [9.17, 15) is 0 Å². The molecule has 4 rings (SSSR count). The highest BCUT2D eigenvalue weighted by Gasteiger charge is 2.43. The fourth-order valence-electron chi connectivity index (χ4n) is 4.23. The molecule has 0 aliphatic heterocycles. The molecule has 0 bridgehead atoms. The van der Waals surface area contributed by atoms with Gasteiger partial charge in [0.15, 0.2) is 0 Å². The van der Waals surface area contributed by atoms with E-state index >= 15 is 0 Å². The molecule has 4 N–H and O–H groups in total. The zero-order chi connectivity index (χ0) is 12.9. The Morgan fingerprint density at radius 3 is 2.19 bits per heavy atom. The van der Waals surface area contributed by atoms with E-state index in [4.69, 9.17) is 7.85 Å². The average molecular weight is 280 g/mol. The van der Waals surface area contributed by atoms with Gasteiger partial charge < -0.3 is 11.0 Å². The highest BCUT2D eigenvalue weighted by Crippen LogP contribution is 2.54. The summed E-state index contributed by atoms with van der Waals surface area (Å²) in [7, 11) is 6.28. The molecule has 1 saturated carbocycles. The Kier molecular flexibility index (Phi) is 4.26. The lowest BCUT2D eigenvalue weighted by Crippen LogP contribution is -2.28. The molecule has 0 amide bonds. The summed E-state index contributed by atoms with van der Waals surface area (Å²) >= 11 is 0. The highest BCUT2D eigenvalue weighted by atomic mass is 16.0. The molecule has 1 fully saturated rings. The minimum atomic E-state index is 0. The summed E-state index contributed by atoms with van der Waals surface area (Å²) in [4.78, 5) is 0. The Morgan fingerprint density at radius 2 is 1.43 bits per heavy atom. The van der Waals surface area contributed by atoms with E-state index in [1.165, 1.54) is 54.4 Å². The van der Waals surface area contributed by atoms with Crippen LogP contribution in [-0.4, -0.2) is 18.8 Å². The number of hydrogen-bond acceptors (Lipinski definition) is 0. The number of hydrogen-bond donors (Lipinski definition) is 0. The van der Waals surface area contributed by atoms with Crippen molar-refractivity contribution < 1.29 is 11.0 Å². The number of rotatable bonds is 0. The van der Waals surface area contributed by atoms with Crippen LogP contribution in [0.15, 0.2) is 42.5 Å². The molecule has 0 atom stereocenters. The van der Waals surface area contributed by atoms with Crippen LogP contribution in [0.4, 0.5) is 0 Å². The van der Waals surface area contributed by atoms with Crippen molar-refractivity contribution in [3.63, 3.8) is 0 Å². The fourth-order valence-corrected chi connectivity index (χ4v) is 4.23. The van der Waals surface area contributed by atoms with E-state index in [1.54, 1.807) is 0 Å². The molecule has 2 aromatic carbocycles. The molecule has 1 spiro atoms. The lowest BCUT2D eigenvalue weighted by molar-refractivity contribution is 0.353. The standard InChI is InChI=1S/C18H17B.2H2O/c19-16-10-6-9-15-17(16)13-7-2-3-8-14(13)18(15)11-4-1-5-12-18;;/h2-3,6-10H,1,4-5,11-12H2;2*1H2. The first kappa shape index (κ1) is 15.8. The van der Waals surface area contributed by atoms with E-state index < -0.39 is 0 Å². The maximum absolute atomic E-state index is 6.28. The quantitative estimate of drug-likeness (QED) is 0.663. The molecule has 0 aromatic heterocycles. The van der Waals surface area contributed by atoms with Gasteiger partial charge in [0.1, 0.15) is 7.85 Å². The van der Waals surface area contributed by atoms with E-state index in [0.29, 0.717) is 0 Å². The SMILES string of the molecule is O.O.[B]c1cccc2c1-c1ccccc1C21CCCCC1. The van der Waals surface area contributed by atoms with Crippen molar-refractivity contribution in [3.8, 4) is 11.1 Å². The highest BCUT2D eigenvalue weighted by molar-refractivity contribution is 6.36. The second-order valence-electron chi connectivity index (χ2n) is 5.96. The average Bonchev–Trinajstić information content (AvgIpc) is 2.73. The molecule has 0 unspecified atom stereocenters. The van der Waals surface area contributed by atoms with Crippen LogP contribution in [0, 0.1) is 0 Å². The zero-order valence-electron chi connectivity index (χ0n) is 12.2. The summed E-state index contributed by atoms with van der Waals surface area (Å²) in [5.41, 5.74) is 6.86.